The Labute approximate surface area is 145 Å². The Morgan fingerprint density at radius 2 is 1.75 bits per heavy atom. The molecule has 0 unspecified atom stereocenters. The molecule has 1 aromatic carbocycles. The van der Waals surface area contributed by atoms with Crippen LogP contribution in [0.15, 0.2) is 47.6 Å². The van der Waals surface area contributed by atoms with E-state index in [0.717, 1.165) is 28.5 Å². The first-order valence-electron chi connectivity index (χ1n) is 7.64. The van der Waals surface area contributed by atoms with Gasteiger partial charge in [-0.3, -0.25) is 19.9 Å². The van der Waals surface area contributed by atoms with Crippen molar-refractivity contribution in [2.45, 2.75) is 26.2 Å². The quantitative estimate of drug-likeness (QED) is 0.826. The minimum absolute atomic E-state index is 0.114. The van der Waals surface area contributed by atoms with Crippen molar-refractivity contribution in [1.29, 1.82) is 0 Å². The van der Waals surface area contributed by atoms with E-state index in [1.54, 1.807) is 18.5 Å². The summed E-state index contributed by atoms with van der Waals surface area (Å²) in [5.41, 5.74) is 4.22. The first-order chi connectivity index (χ1) is 11.3. The summed E-state index contributed by atoms with van der Waals surface area (Å²) in [6, 6.07) is 10.4. The van der Waals surface area contributed by atoms with Crippen LogP contribution in [0.1, 0.15) is 31.9 Å². The number of nitrogens with zero attached hydrogens (tertiary/aromatic N) is 1. The number of carbonyl (C=O) groups excluding carboxylic acids is 2. The van der Waals surface area contributed by atoms with Gasteiger partial charge in [0.15, 0.2) is 0 Å². The molecule has 4 nitrogen and oxygen atoms in total. The standard InChI is InChI=1S/C19H18N2O2S/c1-19(2,3)15-6-4-13(5-7-15)14-8-12(10-20-11-14)9-16-17(22)21-18(23)24-16/h4-11H,1-3H3,(H,21,22,23)/b16-9-. The molecule has 2 amide bonds. The molecule has 122 valence electrons. The first kappa shape index (κ1) is 16.5. The Morgan fingerprint density at radius 1 is 1.04 bits per heavy atom. The van der Waals surface area contributed by atoms with Crippen molar-refractivity contribution in [3.05, 3.63) is 58.8 Å². The second kappa shape index (κ2) is 6.24. The number of nitrogens with one attached hydrogen (secondary N) is 1. The van der Waals surface area contributed by atoms with E-state index in [1.165, 1.54) is 5.56 Å². The third-order valence-electron chi connectivity index (χ3n) is 3.78. The van der Waals surface area contributed by atoms with Gasteiger partial charge >= 0.3 is 0 Å². The topological polar surface area (TPSA) is 59.1 Å². The van der Waals surface area contributed by atoms with Crippen LogP contribution in [-0.4, -0.2) is 16.1 Å². The SMILES string of the molecule is CC(C)(C)c1ccc(-c2cncc(/C=C3\SC(=O)NC3=O)c2)cc1. The molecular weight excluding hydrogens is 320 g/mol. The number of benzene rings is 1. The molecule has 0 spiro atoms. The monoisotopic (exact) mass is 338 g/mol. The fourth-order valence-corrected chi connectivity index (χ4v) is 3.11. The van der Waals surface area contributed by atoms with Crippen LogP contribution in [-0.2, 0) is 10.2 Å². The fraction of sp³-hybridized carbons (Fsp3) is 0.211. The largest absolute Gasteiger partial charge is 0.290 e. The normalized spacial score (nSPS) is 16.5. The first-order valence-corrected chi connectivity index (χ1v) is 8.45. The Bertz CT molecular complexity index is 833. The predicted octanol–water partition coefficient (Wildman–Crippen LogP) is 4.37. The van der Waals surface area contributed by atoms with Crippen molar-refractivity contribution in [3.63, 3.8) is 0 Å². The number of carbonyl (C=O) groups is 2. The van der Waals surface area contributed by atoms with Crippen molar-refractivity contribution < 1.29 is 9.59 Å². The minimum Gasteiger partial charge on any atom is -0.282 e. The molecule has 24 heavy (non-hydrogen) atoms. The number of aromatic nitrogens is 1. The van der Waals surface area contributed by atoms with Crippen LogP contribution >= 0.6 is 11.8 Å². The van der Waals surface area contributed by atoms with Crippen LogP contribution in [0.25, 0.3) is 17.2 Å². The Kier molecular flexibility index (Phi) is 4.28. The number of hydrogen-bond donors (Lipinski definition) is 1. The molecular formula is C19H18N2O2S. The van der Waals surface area contributed by atoms with Gasteiger partial charge in [0.2, 0.25) is 0 Å². The van der Waals surface area contributed by atoms with Gasteiger partial charge in [0.1, 0.15) is 0 Å². The highest BCUT2D eigenvalue weighted by atomic mass is 32.2. The number of imide groups is 1. The number of thioether (sulfide) groups is 1. The summed E-state index contributed by atoms with van der Waals surface area (Å²) >= 11 is 0.909. The second-order valence-corrected chi connectivity index (χ2v) is 7.70. The van der Waals surface area contributed by atoms with E-state index in [9.17, 15) is 9.59 Å². The lowest BCUT2D eigenvalue weighted by atomic mass is 9.86. The molecule has 1 aliphatic rings. The average molecular weight is 338 g/mol. The summed E-state index contributed by atoms with van der Waals surface area (Å²) < 4.78 is 0. The molecule has 1 N–H and O–H groups in total. The molecule has 3 rings (SSSR count). The van der Waals surface area contributed by atoms with Crippen LogP contribution in [0.4, 0.5) is 4.79 Å². The smallest absolute Gasteiger partial charge is 0.282 e. The van der Waals surface area contributed by atoms with E-state index < -0.39 is 0 Å². The summed E-state index contributed by atoms with van der Waals surface area (Å²) in [4.78, 5) is 27.5. The average Bonchev–Trinajstić information content (AvgIpc) is 2.84. The molecule has 1 fully saturated rings. The lowest BCUT2D eigenvalue weighted by Crippen LogP contribution is -2.17. The number of pyridine rings is 1. The Morgan fingerprint density at radius 3 is 2.33 bits per heavy atom. The molecule has 1 aliphatic heterocycles. The van der Waals surface area contributed by atoms with Gasteiger partial charge in [-0.05, 0) is 46.0 Å². The van der Waals surface area contributed by atoms with Crippen LogP contribution < -0.4 is 5.32 Å². The lowest BCUT2D eigenvalue weighted by molar-refractivity contribution is -0.115. The van der Waals surface area contributed by atoms with Gasteiger partial charge in [-0.2, -0.15) is 0 Å². The van der Waals surface area contributed by atoms with Crippen molar-refractivity contribution >= 4 is 29.0 Å². The van der Waals surface area contributed by atoms with Crippen molar-refractivity contribution in [2.24, 2.45) is 0 Å². The summed E-state index contributed by atoms with van der Waals surface area (Å²) in [5.74, 6) is -0.357. The van der Waals surface area contributed by atoms with Crippen molar-refractivity contribution in [1.82, 2.24) is 10.3 Å². The maximum atomic E-state index is 11.6. The van der Waals surface area contributed by atoms with Crippen LogP contribution in [0.5, 0.6) is 0 Å². The van der Waals surface area contributed by atoms with Crippen LogP contribution in [0.3, 0.4) is 0 Å². The highest BCUT2D eigenvalue weighted by Crippen LogP contribution is 2.28. The number of hydrogen-bond acceptors (Lipinski definition) is 4. The third-order valence-corrected chi connectivity index (χ3v) is 4.59. The Balaban J connectivity index is 1.90. The molecule has 1 aromatic heterocycles. The molecule has 0 radical (unpaired) electrons. The van der Waals surface area contributed by atoms with Gasteiger partial charge in [0.25, 0.3) is 11.1 Å². The molecule has 0 bridgehead atoms. The number of rotatable bonds is 2. The van der Waals surface area contributed by atoms with E-state index >= 15 is 0 Å². The van der Waals surface area contributed by atoms with E-state index in [2.05, 4.69) is 55.3 Å². The number of amides is 2. The molecule has 0 atom stereocenters. The highest BCUT2D eigenvalue weighted by Gasteiger charge is 2.24. The molecule has 0 aliphatic carbocycles. The fourth-order valence-electron chi connectivity index (χ4n) is 2.43. The van der Waals surface area contributed by atoms with E-state index in [0.29, 0.717) is 4.91 Å². The van der Waals surface area contributed by atoms with Gasteiger partial charge in [0.05, 0.1) is 4.91 Å². The van der Waals surface area contributed by atoms with Gasteiger partial charge in [-0.15, -0.1) is 0 Å². The molecule has 5 heteroatoms. The Hall–Kier alpha value is -2.40. The van der Waals surface area contributed by atoms with E-state index in [4.69, 9.17) is 0 Å². The van der Waals surface area contributed by atoms with Crippen molar-refractivity contribution in [3.8, 4) is 11.1 Å². The maximum absolute atomic E-state index is 11.6. The zero-order valence-electron chi connectivity index (χ0n) is 13.8. The zero-order valence-corrected chi connectivity index (χ0v) is 14.6. The molecule has 2 aromatic rings. The van der Waals surface area contributed by atoms with Gasteiger partial charge < -0.3 is 0 Å². The third kappa shape index (κ3) is 3.57. The predicted molar refractivity (Wildman–Crippen MR) is 97.5 cm³/mol. The van der Waals surface area contributed by atoms with Gasteiger partial charge in [-0.1, -0.05) is 45.0 Å². The zero-order chi connectivity index (χ0) is 17.3. The maximum Gasteiger partial charge on any atom is 0.290 e. The summed E-state index contributed by atoms with van der Waals surface area (Å²) in [5, 5.41) is 1.91. The summed E-state index contributed by atoms with van der Waals surface area (Å²) in [7, 11) is 0. The van der Waals surface area contributed by atoms with E-state index in [-0.39, 0.29) is 16.6 Å². The van der Waals surface area contributed by atoms with E-state index in [1.807, 2.05) is 6.07 Å². The summed E-state index contributed by atoms with van der Waals surface area (Å²) in [6.07, 6.45) is 5.16. The summed E-state index contributed by atoms with van der Waals surface area (Å²) in [6.45, 7) is 6.55. The van der Waals surface area contributed by atoms with Crippen LogP contribution in [0, 0.1) is 0 Å². The molecule has 0 saturated carbocycles. The van der Waals surface area contributed by atoms with Crippen molar-refractivity contribution in [2.75, 3.05) is 0 Å². The minimum atomic E-state index is -0.357. The van der Waals surface area contributed by atoms with Crippen LogP contribution in [0.2, 0.25) is 0 Å². The highest BCUT2D eigenvalue weighted by molar-refractivity contribution is 8.18. The molecule has 1 saturated heterocycles. The second-order valence-electron chi connectivity index (χ2n) is 6.69. The molecule has 2 heterocycles. The lowest BCUT2D eigenvalue weighted by Gasteiger charge is -2.19. The van der Waals surface area contributed by atoms with Gasteiger partial charge in [0, 0.05) is 18.0 Å². The van der Waals surface area contributed by atoms with Gasteiger partial charge in [-0.25, -0.2) is 0 Å².